The van der Waals surface area contributed by atoms with Gasteiger partial charge in [0.1, 0.15) is 5.54 Å². The van der Waals surface area contributed by atoms with E-state index in [0.29, 0.717) is 12.8 Å². The third-order valence-corrected chi connectivity index (χ3v) is 3.87. The van der Waals surface area contributed by atoms with Crippen LogP contribution in [-0.2, 0) is 11.2 Å². The molecule has 1 aromatic rings. The highest BCUT2D eigenvalue weighted by atomic mass is 16.4. The smallest absolute Gasteiger partial charge is 0.329 e. The second kappa shape index (κ2) is 5.94. The summed E-state index contributed by atoms with van der Waals surface area (Å²) in [4.78, 5) is 23.5. The zero-order chi connectivity index (χ0) is 14.6. The number of carbonyl (C=O) groups excluding carboxylic acids is 1. The predicted octanol–water partition coefficient (Wildman–Crippen LogP) is 2.77. The van der Waals surface area contributed by atoms with Gasteiger partial charge in [-0.05, 0) is 30.9 Å². The van der Waals surface area contributed by atoms with Crippen LogP contribution in [0.3, 0.4) is 0 Å². The molecule has 1 saturated carbocycles. The average Bonchev–Trinajstić information content (AvgIpc) is 2.89. The molecule has 0 aromatic heterocycles. The Morgan fingerprint density at radius 3 is 2.50 bits per heavy atom. The predicted molar refractivity (Wildman–Crippen MR) is 76.8 cm³/mol. The molecule has 1 aliphatic rings. The van der Waals surface area contributed by atoms with Crippen molar-refractivity contribution in [2.24, 2.45) is 0 Å². The summed E-state index contributed by atoms with van der Waals surface area (Å²) in [5.41, 5.74) is 0.648. The molecule has 3 N–H and O–H groups in total. The zero-order valence-corrected chi connectivity index (χ0v) is 11.6. The minimum atomic E-state index is -1.11. The fourth-order valence-corrected chi connectivity index (χ4v) is 2.69. The van der Waals surface area contributed by atoms with E-state index < -0.39 is 17.5 Å². The first-order valence-corrected chi connectivity index (χ1v) is 6.98. The summed E-state index contributed by atoms with van der Waals surface area (Å²) in [6.07, 6.45) is 3.45. The number of amides is 2. The van der Waals surface area contributed by atoms with Crippen LogP contribution in [0.4, 0.5) is 10.5 Å². The Morgan fingerprint density at radius 2 is 1.90 bits per heavy atom. The molecule has 0 saturated heterocycles. The Kier molecular flexibility index (Phi) is 4.27. The highest BCUT2D eigenvalue weighted by molar-refractivity contribution is 5.94. The van der Waals surface area contributed by atoms with E-state index in [1.165, 1.54) is 0 Å². The van der Waals surface area contributed by atoms with Gasteiger partial charge in [-0.2, -0.15) is 0 Å². The molecule has 20 heavy (non-hydrogen) atoms. The van der Waals surface area contributed by atoms with Crippen molar-refractivity contribution >= 4 is 17.7 Å². The van der Waals surface area contributed by atoms with Gasteiger partial charge in [0.2, 0.25) is 0 Å². The topological polar surface area (TPSA) is 78.4 Å². The molecule has 0 spiro atoms. The number of aliphatic carboxylic acids is 1. The third kappa shape index (κ3) is 2.92. The van der Waals surface area contributed by atoms with Crippen LogP contribution in [0.1, 0.15) is 38.2 Å². The molecule has 0 heterocycles. The van der Waals surface area contributed by atoms with Crippen molar-refractivity contribution in [2.45, 2.75) is 44.6 Å². The number of carboxylic acids is 1. The summed E-state index contributed by atoms with van der Waals surface area (Å²) >= 11 is 0. The molecule has 2 amide bonds. The van der Waals surface area contributed by atoms with E-state index in [9.17, 15) is 14.7 Å². The number of rotatable bonds is 4. The SMILES string of the molecule is CCc1ccccc1NC(=O)NC1(C(=O)O)CCCC1. The molecule has 0 atom stereocenters. The molecule has 0 bridgehead atoms. The zero-order valence-electron chi connectivity index (χ0n) is 11.6. The lowest BCUT2D eigenvalue weighted by molar-refractivity contribution is -0.144. The molecule has 108 valence electrons. The van der Waals surface area contributed by atoms with E-state index in [2.05, 4.69) is 10.6 Å². The number of aryl methyl sites for hydroxylation is 1. The van der Waals surface area contributed by atoms with Crippen molar-refractivity contribution < 1.29 is 14.7 Å². The van der Waals surface area contributed by atoms with Crippen LogP contribution < -0.4 is 10.6 Å². The minimum Gasteiger partial charge on any atom is -0.480 e. The van der Waals surface area contributed by atoms with Gasteiger partial charge in [0.25, 0.3) is 0 Å². The number of carboxylic acid groups (broad SMARTS) is 1. The summed E-state index contributed by atoms with van der Waals surface area (Å²) in [6, 6.07) is 7.07. The first-order valence-electron chi connectivity index (χ1n) is 6.98. The molecule has 0 aliphatic heterocycles. The van der Waals surface area contributed by atoms with Gasteiger partial charge in [-0.25, -0.2) is 9.59 Å². The largest absolute Gasteiger partial charge is 0.480 e. The first-order chi connectivity index (χ1) is 9.57. The van der Waals surface area contributed by atoms with Crippen molar-refractivity contribution in [1.82, 2.24) is 5.32 Å². The normalized spacial score (nSPS) is 16.6. The van der Waals surface area contributed by atoms with Crippen LogP contribution >= 0.6 is 0 Å². The van der Waals surface area contributed by atoms with Gasteiger partial charge in [0.15, 0.2) is 0 Å². The molecule has 2 rings (SSSR count). The Hall–Kier alpha value is -2.04. The van der Waals surface area contributed by atoms with Crippen molar-refractivity contribution in [2.75, 3.05) is 5.32 Å². The summed E-state index contributed by atoms with van der Waals surface area (Å²) < 4.78 is 0. The number of benzene rings is 1. The van der Waals surface area contributed by atoms with Crippen LogP contribution in [0.5, 0.6) is 0 Å². The molecule has 5 heteroatoms. The maximum Gasteiger partial charge on any atom is 0.329 e. The fraction of sp³-hybridized carbons (Fsp3) is 0.467. The van der Waals surface area contributed by atoms with Gasteiger partial charge in [0.05, 0.1) is 0 Å². The average molecular weight is 276 g/mol. The highest BCUT2D eigenvalue weighted by Crippen LogP contribution is 2.30. The second-order valence-corrected chi connectivity index (χ2v) is 5.18. The van der Waals surface area contributed by atoms with E-state index >= 15 is 0 Å². The van der Waals surface area contributed by atoms with E-state index in [-0.39, 0.29) is 0 Å². The highest BCUT2D eigenvalue weighted by Gasteiger charge is 2.42. The van der Waals surface area contributed by atoms with E-state index in [4.69, 9.17) is 0 Å². The third-order valence-electron chi connectivity index (χ3n) is 3.87. The van der Waals surface area contributed by atoms with Gasteiger partial charge in [0, 0.05) is 5.69 Å². The van der Waals surface area contributed by atoms with E-state index in [1.807, 2.05) is 31.2 Å². The lowest BCUT2D eigenvalue weighted by Crippen LogP contribution is -2.53. The van der Waals surface area contributed by atoms with Crippen molar-refractivity contribution in [3.63, 3.8) is 0 Å². The molecular weight excluding hydrogens is 256 g/mol. The summed E-state index contributed by atoms with van der Waals surface area (Å²) in [5.74, 6) is -0.950. The van der Waals surface area contributed by atoms with Crippen molar-refractivity contribution in [3.05, 3.63) is 29.8 Å². The monoisotopic (exact) mass is 276 g/mol. The number of anilines is 1. The van der Waals surface area contributed by atoms with Gasteiger partial charge in [-0.1, -0.05) is 38.0 Å². The number of urea groups is 1. The van der Waals surface area contributed by atoms with Gasteiger partial charge < -0.3 is 15.7 Å². The number of nitrogens with one attached hydrogen (secondary N) is 2. The lowest BCUT2D eigenvalue weighted by Gasteiger charge is -2.25. The molecule has 0 unspecified atom stereocenters. The molecule has 5 nitrogen and oxygen atoms in total. The van der Waals surface area contributed by atoms with E-state index in [1.54, 1.807) is 0 Å². The Bertz CT molecular complexity index is 508. The molecule has 1 aliphatic carbocycles. The second-order valence-electron chi connectivity index (χ2n) is 5.18. The summed E-state index contributed by atoms with van der Waals surface area (Å²) in [6.45, 7) is 2.01. The van der Waals surface area contributed by atoms with Gasteiger partial charge >= 0.3 is 12.0 Å². The van der Waals surface area contributed by atoms with Crippen LogP contribution in [-0.4, -0.2) is 22.6 Å². The molecule has 1 aromatic carbocycles. The Morgan fingerprint density at radius 1 is 1.25 bits per heavy atom. The van der Waals surface area contributed by atoms with Crippen LogP contribution in [0.25, 0.3) is 0 Å². The molecular formula is C15H20N2O3. The lowest BCUT2D eigenvalue weighted by atomic mass is 9.98. The summed E-state index contributed by atoms with van der Waals surface area (Å²) in [5, 5.41) is 14.7. The number of hydrogen-bond acceptors (Lipinski definition) is 2. The van der Waals surface area contributed by atoms with E-state index in [0.717, 1.165) is 30.5 Å². The van der Waals surface area contributed by atoms with Crippen molar-refractivity contribution in [3.8, 4) is 0 Å². The Balaban J connectivity index is 2.07. The quantitative estimate of drug-likeness (QED) is 0.791. The minimum absolute atomic E-state index is 0.449. The maximum absolute atomic E-state index is 12.1. The first kappa shape index (κ1) is 14.4. The van der Waals surface area contributed by atoms with Gasteiger partial charge in [-0.3, -0.25) is 0 Å². The molecule has 0 radical (unpaired) electrons. The van der Waals surface area contributed by atoms with Crippen LogP contribution in [0.2, 0.25) is 0 Å². The van der Waals surface area contributed by atoms with Crippen LogP contribution in [0.15, 0.2) is 24.3 Å². The summed E-state index contributed by atoms with van der Waals surface area (Å²) in [7, 11) is 0. The maximum atomic E-state index is 12.1. The number of carbonyl (C=O) groups is 2. The number of hydrogen-bond donors (Lipinski definition) is 3. The molecule has 1 fully saturated rings. The number of para-hydroxylation sites is 1. The van der Waals surface area contributed by atoms with Gasteiger partial charge in [-0.15, -0.1) is 0 Å². The fourth-order valence-electron chi connectivity index (χ4n) is 2.69. The van der Waals surface area contributed by atoms with Crippen LogP contribution in [0, 0.1) is 0 Å². The van der Waals surface area contributed by atoms with Crippen molar-refractivity contribution in [1.29, 1.82) is 0 Å². The Labute approximate surface area is 118 Å². The standard InChI is InChI=1S/C15H20N2O3/c1-2-11-7-3-4-8-12(11)16-14(20)17-15(13(18)19)9-5-6-10-15/h3-4,7-8H,2,5-6,9-10H2,1H3,(H,18,19)(H2,16,17,20).